The zero-order valence-corrected chi connectivity index (χ0v) is 9.96. The van der Waals surface area contributed by atoms with Crippen molar-refractivity contribution in [2.75, 3.05) is 18.1 Å². The number of nitrogens with one attached hydrogen (secondary N) is 1. The number of aliphatic carboxylic acids is 1. The molecule has 90 valence electrons. The van der Waals surface area contributed by atoms with Gasteiger partial charge in [-0.3, -0.25) is 9.59 Å². The lowest BCUT2D eigenvalue weighted by atomic mass is 9.73. The van der Waals surface area contributed by atoms with Gasteiger partial charge in [-0.2, -0.15) is 11.8 Å². The molecule has 0 heterocycles. The van der Waals surface area contributed by atoms with Crippen LogP contribution in [0.5, 0.6) is 0 Å². The predicted octanol–water partition coefficient (Wildman–Crippen LogP) is 1.13. The smallest absolute Gasteiger partial charge is 0.307 e. The second kappa shape index (κ2) is 6.58. The maximum absolute atomic E-state index is 11.6. The SMILES string of the molecule is C=CCSCCNC(=O)C1CCC1C(=O)O. The third-order valence-corrected chi connectivity index (χ3v) is 3.67. The van der Waals surface area contributed by atoms with Gasteiger partial charge in [-0.25, -0.2) is 0 Å². The number of hydrogen-bond acceptors (Lipinski definition) is 3. The number of carbonyl (C=O) groups excluding carboxylic acids is 1. The van der Waals surface area contributed by atoms with E-state index < -0.39 is 11.9 Å². The van der Waals surface area contributed by atoms with Crippen molar-refractivity contribution in [1.29, 1.82) is 0 Å². The highest BCUT2D eigenvalue weighted by Crippen LogP contribution is 2.34. The number of rotatable bonds is 7. The quantitative estimate of drug-likeness (QED) is 0.519. The summed E-state index contributed by atoms with van der Waals surface area (Å²) in [7, 11) is 0. The Hall–Kier alpha value is -0.970. The van der Waals surface area contributed by atoms with Crippen molar-refractivity contribution in [3.8, 4) is 0 Å². The first kappa shape index (κ1) is 13.1. The van der Waals surface area contributed by atoms with Gasteiger partial charge >= 0.3 is 5.97 Å². The Kier molecular flexibility index (Phi) is 5.38. The Labute approximate surface area is 99.5 Å². The number of thioether (sulfide) groups is 1. The minimum absolute atomic E-state index is 0.113. The van der Waals surface area contributed by atoms with E-state index in [9.17, 15) is 9.59 Å². The Morgan fingerprint density at radius 1 is 1.44 bits per heavy atom. The Bertz CT molecular complexity index is 280. The van der Waals surface area contributed by atoms with Crippen LogP contribution >= 0.6 is 11.8 Å². The summed E-state index contributed by atoms with van der Waals surface area (Å²) in [5.74, 6) is -0.0489. The highest BCUT2D eigenvalue weighted by molar-refractivity contribution is 7.99. The van der Waals surface area contributed by atoms with Gasteiger partial charge in [0, 0.05) is 18.1 Å². The molecule has 4 nitrogen and oxygen atoms in total. The molecule has 0 aliphatic heterocycles. The summed E-state index contributed by atoms with van der Waals surface area (Å²) in [4.78, 5) is 22.3. The van der Waals surface area contributed by atoms with Crippen molar-refractivity contribution < 1.29 is 14.7 Å². The predicted molar refractivity (Wildman–Crippen MR) is 64.4 cm³/mol. The maximum Gasteiger partial charge on any atom is 0.307 e. The van der Waals surface area contributed by atoms with Gasteiger partial charge in [-0.1, -0.05) is 6.08 Å². The maximum atomic E-state index is 11.6. The molecule has 2 atom stereocenters. The summed E-state index contributed by atoms with van der Waals surface area (Å²) >= 11 is 1.69. The zero-order chi connectivity index (χ0) is 12.0. The van der Waals surface area contributed by atoms with Gasteiger partial charge in [0.1, 0.15) is 0 Å². The lowest BCUT2D eigenvalue weighted by Crippen LogP contribution is -2.44. The molecule has 0 saturated heterocycles. The number of carboxylic acid groups (broad SMARTS) is 1. The van der Waals surface area contributed by atoms with Gasteiger partial charge in [0.25, 0.3) is 0 Å². The summed E-state index contributed by atoms with van der Waals surface area (Å²) in [6.07, 6.45) is 3.14. The molecule has 0 aromatic rings. The van der Waals surface area contributed by atoms with Crippen LogP contribution in [0.15, 0.2) is 12.7 Å². The van der Waals surface area contributed by atoms with Gasteiger partial charge in [0.15, 0.2) is 0 Å². The van der Waals surface area contributed by atoms with E-state index in [2.05, 4.69) is 11.9 Å². The van der Waals surface area contributed by atoms with Crippen LogP contribution in [0, 0.1) is 11.8 Å². The monoisotopic (exact) mass is 243 g/mol. The van der Waals surface area contributed by atoms with Gasteiger partial charge in [0.2, 0.25) is 5.91 Å². The molecule has 0 aromatic heterocycles. The molecule has 1 rings (SSSR count). The topological polar surface area (TPSA) is 66.4 Å². The zero-order valence-electron chi connectivity index (χ0n) is 9.15. The van der Waals surface area contributed by atoms with Crippen LogP contribution < -0.4 is 5.32 Å². The van der Waals surface area contributed by atoms with Crippen LogP contribution in [-0.2, 0) is 9.59 Å². The fraction of sp³-hybridized carbons (Fsp3) is 0.636. The molecule has 2 N–H and O–H groups in total. The van der Waals surface area contributed by atoms with Crippen molar-refractivity contribution in [1.82, 2.24) is 5.32 Å². The normalized spacial score (nSPS) is 23.2. The second-order valence-electron chi connectivity index (χ2n) is 3.78. The van der Waals surface area contributed by atoms with E-state index in [0.717, 1.165) is 11.5 Å². The molecular formula is C11H17NO3S. The fourth-order valence-corrected chi connectivity index (χ4v) is 2.23. The Balaban J connectivity index is 2.15. The summed E-state index contributed by atoms with van der Waals surface area (Å²) in [5, 5.41) is 11.6. The second-order valence-corrected chi connectivity index (χ2v) is 4.93. The molecule has 1 fully saturated rings. The minimum Gasteiger partial charge on any atom is -0.481 e. The van der Waals surface area contributed by atoms with E-state index in [0.29, 0.717) is 19.4 Å². The molecule has 1 amide bonds. The largest absolute Gasteiger partial charge is 0.481 e. The molecule has 1 aliphatic rings. The van der Waals surface area contributed by atoms with E-state index in [1.54, 1.807) is 11.8 Å². The Morgan fingerprint density at radius 3 is 2.62 bits per heavy atom. The van der Waals surface area contributed by atoms with Gasteiger partial charge in [0.05, 0.1) is 11.8 Å². The van der Waals surface area contributed by atoms with Crippen LogP contribution in [0.3, 0.4) is 0 Å². The first-order valence-electron chi connectivity index (χ1n) is 5.36. The average molecular weight is 243 g/mol. The third-order valence-electron chi connectivity index (χ3n) is 2.71. The summed E-state index contributed by atoms with van der Waals surface area (Å²) in [6.45, 7) is 4.20. The summed E-state index contributed by atoms with van der Waals surface area (Å²) < 4.78 is 0. The number of amides is 1. The molecule has 5 heteroatoms. The average Bonchev–Trinajstić information content (AvgIpc) is 2.14. The number of carbonyl (C=O) groups is 2. The molecule has 0 bridgehead atoms. The Morgan fingerprint density at radius 2 is 2.12 bits per heavy atom. The highest BCUT2D eigenvalue weighted by atomic mass is 32.2. The van der Waals surface area contributed by atoms with Crippen molar-refractivity contribution in [3.05, 3.63) is 12.7 Å². The fourth-order valence-electron chi connectivity index (χ4n) is 1.65. The highest BCUT2D eigenvalue weighted by Gasteiger charge is 2.41. The van der Waals surface area contributed by atoms with Crippen molar-refractivity contribution in [2.45, 2.75) is 12.8 Å². The molecule has 0 spiro atoms. The molecule has 0 aromatic carbocycles. The van der Waals surface area contributed by atoms with Crippen LogP contribution in [0.25, 0.3) is 0 Å². The van der Waals surface area contributed by atoms with E-state index in [-0.39, 0.29) is 11.8 Å². The van der Waals surface area contributed by atoms with Crippen LogP contribution in [-0.4, -0.2) is 35.0 Å². The number of hydrogen-bond donors (Lipinski definition) is 2. The van der Waals surface area contributed by atoms with E-state index in [4.69, 9.17) is 5.11 Å². The van der Waals surface area contributed by atoms with Crippen LogP contribution in [0.1, 0.15) is 12.8 Å². The third kappa shape index (κ3) is 3.56. The first-order chi connectivity index (χ1) is 7.66. The molecule has 16 heavy (non-hydrogen) atoms. The minimum atomic E-state index is -0.854. The molecule has 0 radical (unpaired) electrons. The van der Waals surface area contributed by atoms with E-state index in [1.807, 2.05) is 6.08 Å². The van der Waals surface area contributed by atoms with Gasteiger partial charge < -0.3 is 10.4 Å². The van der Waals surface area contributed by atoms with Crippen molar-refractivity contribution >= 4 is 23.6 Å². The lowest BCUT2D eigenvalue weighted by molar-refractivity contribution is -0.152. The standard InChI is InChI=1S/C11H17NO3S/c1-2-6-16-7-5-12-10(13)8-3-4-9(8)11(14)15/h2,8-9H,1,3-7H2,(H,12,13)(H,14,15). The molecule has 1 saturated carbocycles. The number of carboxylic acids is 1. The van der Waals surface area contributed by atoms with Gasteiger partial charge in [-0.05, 0) is 12.8 Å². The summed E-state index contributed by atoms with van der Waals surface area (Å²) in [5.41, 5.74) is 0. The van der Waals surface area contributed by atoms with Crippen LogP contribution in [0.4, 0.5) is 0 Å². The molecule has 1 aliphatic carbocycles. The van der Waals surface area contributed by atoms with E-state index in [1.165, 1.54) is 0 Å². The molecular weight excluding hydrogens is 226 g/mol. The van der Waals surface area contributed by atoms with Gasteiger partial charge in [-0.15, -0.1) is 6.58 Å². The molecule has 2 unspecified atom stereocenters. The summed E-state index contributed by atoms with van der Waals surface area (Å²) in [6, 6.07) is 0. The van der Waals surface area contributed by atoms with Crippen molar-refractivity contribution in [3.63, 3.8) is 0 Å². The lowest BCUT2D eigenvalue weighted by Gasteiger charge is -2.31. The van der Waals surface area contributed by atoms with Crippen LogP contribution in [0.2, 0.25) is 0 Å². The van der Waals surface area contributed by atoms with E-state index >= 15 is 0 Å². The van der Waals surface area contributed by atoms with Crippen molar-refractivity contribution in [2.24, 2.45) is 11.8 Å². The first-order valence-corrected chi connectivity index (χ1v) is 6.51.